The highest BCUT2D eigenvalue weighted by Crippen LogP contribution is 2.15. The zero-order chi connectivity index (χ0) is 19.7. The third kappa shape index (κ3) is 3.45. The molecule has 1 aliphatic heterocycles. The summed E-state index contributed by atoms with van der Waals surface area (Å²) in [6, 6.07) is 3.87. The number of rotatable bonds is 5. The minimum Gasteiger partial charge on any atom is -0.355 e. The Bertz CT molecular complexity index is 1140. The Hall–Kier alpha value is -2.59. The van der Waals surface area contributed by atoms with Crippen LogP contribution in [0.2, 0.25) is 0 Å². The highest BCUT2D eigenvalue weighted by molar-refractivity contribution is 7.71. The van der Waals surface area contributed by atoms with Gasteiger partial charge in [-0.15, -0.1) is 5.10 Å². The third-order valence-electron chi connectivity index (χ3n) is 5.06. The number of fused-ring (bicyclic) bond motifs is 3. The molecule has 28 heavy (non-hydrogen) atoms. The van der Waals surface area contributed by atoms with Crippen LogP contribution < -0.4 is 16.2 Å². The number of piperidine rings is 1. The first kappa shape index (κ1) is 18.8. The van der Waals surface area contributed by atoms with Gasteiger partial charge in [0, 0.05) is 13.1 Å². The van der Waals surface area contributed by atoms with Crippen LogP contribution in [-0.4, -0.2) is 44.2 Å². The van der Waals surface area contributed by atoms with E-state index >= 15 is 0 Å². The lowest BCUT2D eigenvalue weighted by Gasteiger charge is -2.22. The predicted molar refractivity (Wildman–Crippen MR) is 105 cm³/mol. The molecular formula is C18H21FN6O2S. The number of carbonyl (C=O) groups excluding carboxylic acids is 1. The molecule has 1 unspecified atom stereocenters. The molecule has 0 radical (unpaired) electrons. The zero-order valence-corrected chi connectivity index (χ0v) is 16.0. The van der Waals surface area contributed by atoms with Crippen molar-refractivity contribution < 1.29 is 9.18 Å². The quantitative estimate of drug-likeness (QED) is 0.442. The molecule has 1 aliphatic rings. The van der Waals surface area contributed by atoms with Gasteiger partial charge >= 0.3 is 0 Å². The molecule has 3 heterocycles. The summed E-state index contributed by atoms with van der Waals surface area (Å²) in [6.45, 7) is 1.62. The number of carbonyl (C=O) groups is 1. The number of benzene rings is 1. The van der Waals surface area contributed by atoms with Gasteiger partial charge in [0.05, 0.1) is 16.9 Å². The topological polar surface area (TPSA) is 96.2 Å². The van der Waals surface area contributed by atoms with E-state index in [1.807, 2.05) is 0 Å². The molecule has 1 aromatic carbocycles. The van der Waals surface area contributed by atoms with Crippen molar-refractivity contribution in [1.29, 1.82) is 0 Å². The largest absolute Gasteiger partial charge is 0.355 e. The number of hydrogen-bond acceptors (Lipinski definition) is 5. The Balaban J connectivity index is 1.55. The minimum absolute atomic E-state index is 0.0141. The van der Waals surface area contributed by atoms with E-state index in [4.69, 9.17) is 12.2 Å². The minimum atomic E-state index is -0.488. The van der Waals surface area contributed by atoms with Crippen LogP contribution in [0.3, 0.4) is 0 Å². The number of hydrogen-bond donors (Lipinski definition) is 3. The van der Waals surface area contributed by atoms with E-state index < -0.39 is 5.82 Å². The van der Waals surface area contributed by atoms with Crippen LogP contribution in [0.5, 0.6) is 0 Å². The molecule has 1 fully saturated rings. The first-order valence-corrected chi connectivity index (χ1v) is 9.77. The average Bonchev–Trinajstić information content (AvgIpc) is 3.09. The van der Waals surface area contributed by atoms with Crippen molar-refractivity contribution >= 4 is 34.8 Å². The Kier molecular flexibility index (Phi) is 5.23. The van der Waals surface area contributed by atoms with Crippen LogP contribution in [-0.2, 0) is 11.3 Å². The molecule has 3 aromatic rings. The lowest BCUT2D eigenvalue weighted by Crippen LogP contribution is -2.46. The molecule has 0 bridgehead atoms. The molecule has 3 N–H and O–H groups in total. The Morgan fingerprint density at radius 1 is 1.39 bits per heavy atom. The third-order valence-corrected chi connectivity index (χ3v) is 5.33. The summed E-state index contributed by atoms with van der Waals surface area (Å²) >= 11 is 5.26. The number of amides is 1. The first-order chi connectivity index (χ1) is 13.6. The maximum absolute atomic E-state index is 13.7. The molecule has 4 rings (SSSR count). The van der Waals surface area contributed by atoms with Gasteiger partial charge in [0.2, 0.25) is 16.5 Å². The molecule has 0 spiro atoms. The number of nitrogens with zero attached hydrogens (tertiary/aromatic N) is 3. The van der Waals surface area contributed by atoms with E-state index in [2.05, 4.69) is 20.8 Å². The molecule has 1 saturated heterocycles. The summed E-state index contributed by atoms with van der Waals surface area (Å²) in [5.41, 5.74) is 0.171. The standard InChI is InChI=1S/C18H21FN6O2S/c19-11-5-6-14-12(10-11)16(27)24(17-22-23-18(28)25(14)17)9-3-8-21-15(26)13-4-1-2-7-20-13/h5-6,10,13,20H,1-4,7-9H2,(H,21,26)(H,23,28). The first-order valence-electron chi connectivity index (χ1n) is 9.36. The van der Waals surface area contributed by atoms with Gasteiger partial charge in [-0.2, -0.15) is 0 Å². The predicted octanol–water partition coefficient (Wildman–Crippen LogP) is 1.49. The van der Waals surface area contributed by atoms with Crippen molar-refractivity contribution in [2.45, 2.75) is 38.3 Å². The van der Waals surface area contributed by atoms with Gasteiger partial charge in [-0.05, 0) is 56.2 Å². The van der Waals surface area contributed by atoms with Gasteiger partial charge in [-0.3, -0.25) is 18.6 Å². The second-order valence-electron chi connectivity index (χ2n) is 6.93. The van der Waals surface area contributed by atoms with Crippen molar-refractivity contribution in [2.75, 3.05) is 13.1 Å². The molecule has 8 nitrogen and oxygen atoms in total. The number of nitrogens with one attached hydrogen (secondary N) is 3. The Labute approximate surface area is 164 Å². The van der Waals surface area contributed by atoms with Gasteiger partial charge in [0.1, 0.15) is 5.82 Å². The van der Waals surface area contributed by atoms with Crippen LogP contribution in [0.15, 0.2) is 23.0 Å². The molecular weight excluding hydrogens is 383 g/mol. The van der Waals surface area contributed by atoms with Gasteiger partial charge in [-0.25, -0.2) is 9.49 Å². The molecule has 0 aliphatic carbocycles. The van der Waals surface area contributed by atoms with Crippen LogP contribution in [0.1, 0.15) is 25.7 Å². The second kappa shape index (κ2) is 7.80. The fourth-order valence-electron chi connectivity index (χ4n) is 3.65. The molecule has 148 valence electrons. The SMILES string of the molecule is O=C(NCCCn1c(=O)c2cc(F)ccc2n2c(=S)[nH]nc12)C1CCCCN1. The van der Waals surface area contributed by atoms with Crippen molar-refractivity contribution in [3.63, 3.8) is 0 Å². The van der Waals surface area contributed by atoms with Crippen LogP contribution >= 0.6 is 12.2 Å². The average molecular weight is 404 g/mol. The summed E-state index contributed by atoms with van der Waals surface area (Å²) in [5, 5.41) is 13.2. The molecule has 0 saturated carbocycles. The lowest BCUT2D eigenvalue weighted by molar-refractivity contribution is -0.123. The molecule has 1 atom stereocenters. The van der Waals surface area contributed by atoms with Crippen LogP contribution in [0.4, 0.5) is 4.39 Å². The van der Waals surface area contributed by atoms with E-state index in [-0.39, 0.29) is 22.9 Å². The number of halogens is 1. The normalized spacial score (nSPS) is 17.2. The van der Waals surface area contributed by atoms with E-state index in [9.17, 15) is 14.0 Å². The van der Waals surface area contributed by atoms with Crippen LogP contribution in [0.25, 0.3) is 16.7 Å². The molecule has 10 heteroatoms. The van der Waals surface area contributed by atoms with E-state index in [1.54, 1.807) is 4.40 Å². The zero-order valence-electron chi connectivity index (χ0n) is 15.2. The lowest BCUT2D eigenvalue weighted by atomic mass is 10.0. The highest BCUT2D eigenvalue weighted by Gasteiger charge is 2.20. The van der Waals surface area contributed by atoms with Crippen molar-refractivity contribution in [3.8, 4) is 0 Å². The fraction of sp³-hybridized carbons (Fsp3) is 0.444. The maximum atomic E-state index is 13.7. The number of H-pyrrole nitrogens is 1. The maximum Gasteiger partial charge on any atom is 0.262 e. The Morgan fingerprint density at radius 2 is 2.25 bits per heavy atom. The van der Waals surface area contributed by atoms with Crippen molar-refractivity contribution in [3.05, 3.63) is 39.1 Å². The van der Waals surface area contributed by atoms with Gasteiger partial charge in [0.25, 0.3) is 5.56 Å². The van der Waals surface area contributed by atoms with E-state index in [0.717, 1.165) is 25.8 Å². The van der Waals surface area contributed by atoms with E-state index in [0.29, 0.717) is 35.6 Å². The second-order valence-corrected chi connectivity index (χ2v) is 7.32. The smallest absolute Gasteiger partial charge is 0.262 e. The van der Waals surface area contributed by atoms with Gasteiger partial charge in [-0.1, -0.05) is 6.42 Å². The highest BCUT2D eigenvalue weighted by atomic mass is 32.1. The van der Waals surface area contributed by atoms with Crippen LogP contribution in [0, 0.1) is 10.6 Å². The number of aryl methyl sites for hydroxylation is 1. The fourth-order valence-corrected chi connectivity index (χ4v) is 3.87. The van der Waals surface area contributed by atoms with Gasteiger partial charge in [0.15, 0.2) is 0 Å². The molecule has 2 aromatic heterocycles. The monoisotopic (exact) mass is 404 g/mol. The summed E-state index contributed by atoms with van der Waals surface area (Å²) < 4.78 is 17.1. The van der Waals surface area contributed by atoms with Crippen molar-refractivity contribution in [1.82, 2.24) is 29.8 Å². The Morgan fingerprint density at radius 3 is 3.04 bits per heavy atom. The molecule has 1 amide bonds. The number of aromatic amines is 1. The summed E-state index contributed by atoms with van der Waals surface area (Å²) in [4.78, 5) is 25.1. The van der Waals surface area contributed by atoms with Crippen molar-refractivity contribution in [2.24, 2.45) is 0 Å². The summed E-state index contributed by atoms with van der Waals surface area (Å²) in [7, 11) is 0. The van der Waals surface area contributed by atoms with Gasteiger partial charge < -0.3 is 10.6 Å². The summed E-state index contributed by atoms with van der Waals surface area (Å²) in [5.74, 6) is -0.132. The van der Waals surface area contributed by atoms with E-state index in [1.165, 1.54) is 22.8 Å². The summed E-state index contributed by atoms with van der Waals surface area (Å²) in [6.07, 6.45) is 3.52. The number of aromatic nitrogens is 4.